The number of methoxy groups -OCH3 is 1. The number of nitrogens with zero attached hydrogens (tertiary/aromatic N) is 1. The Bertz CT molecular complexity index is 714. The van der Waals surface area contributed by atoms with Crippen LogP contribution < -0.4 is 4.74 Å². The Balaban J connectivity index is 1.60. The molecule has 132 valence electrons. The number of ether oxygens (including phenoxy) is 1. The fourth-order valence-corrected chi connectivity index (χ4v) is 3.48. The van der Waals surface area contributed by atoms with Gasteiger partial charge in [0, 0.05) is 25.4 Å². The number of hydrogen-bond acceptors (Lipinski definition) is 4. The van der Waals surface area contributed by atoms with Gasteiger partial charge in [-0.3, -0.25) is 9.69 Å². The molecule has 0 bridgehead atoms. The molecule has 4 heteroatoms. The van der Waals surface area contributed by atoms with E-state index < -0.39 is 0 Å². The van der Waals surface area contributed by atoms with Crippen LogP contribution in [0.3, 0.4) is 0 Å². The van der Waals surface area contributed by atoms with E-state index in [0.29, 0.717) is 18.0 Å². The predicted molar refractivity (Wildman–Crippen MR) is 97.8 cm³/mol. The smallest absolute Gasteiger partial charge is 0.160 e. The minimum atomic E-state index is 0.105. The second-order valence-corrected chi connectivity index (χ2v) is 6.71. The van der Waals surface area contributed by atoms with Crippen molar-refractivity contribution in [3.05, 3.63) is 59.7 Å². The SMILES string of the molecule is COc1cc(CN2CCC[C@H](C(=O)Cc3ccccc3)C2)ccc1O. The summed E-state index contributed by atoms with van der Waals surface area (Å²) in [4.78, 5) is 15.0. The first-order chi connectivity index (χ1) is 12.2. The Hall–Kier alpha value is -2.33. The molecule has 1 fully saturated rings. The molecule has 1 heterocycles. The lowest BCUT2D eigenvalue weighted by Crippen LogP contribution is -2.38. The second-order valence-electron chi connectivity index (χ2n) is 6.71. The fraction of sp³-hybridized carbons (Fsp3) is 0.381. The zero-order valence-corrected chi connectivity index (χ0v) is 14.6. The minimum Gasteiger partial charge on any atom is -0.504 e. The molecule has 1 saturated heterocycles. The maximum atomic E-state index is 12.6. The lowest BCUT2D eigenvalue weighted by molar-refractivity contribution is -0.123. The molecular weight excluding hydrogens is 314 g/mol. The maximum Gasteiger partial charge on any atom is 0.160 e. The molecule has 0 aromatic heterocycles. The molecule has 4 nitrogen and oxygen atoms in total. The van der Waals surface area contributed by atoms with Crippen LogP contribution >= 0.6 is 0 Å². The molecule has 1 aliphatic rings. The van der Waals surface area contributed by atoms with Crippen molar-refractivity contribution < 1.29 is 14.6 Å². The molecule has 0 saturated carbocycles. The van der Waals surface area contributed by atoms with E-state index in [1.165, 1.54) is 0 Å². The molecule has 3 rings (SSSR count). The fourth-order valence-electron chi connectivity index (χ4n) is 3.48. The third kappa shape index (κ3) is 4.60. The molecule has 25 heavy (non-hydrogen) atoms. The van der Waals surface area contributed by atoms with E-state index in [9.17, 15) is 9.90 Å². The van der Waals surface area contributed by atoms with E-state index >= 15 is 0 Å². The van der Waals surface area contributed by atoms with Gasteiger partial charge < -0.3 is 9.84 Å². The number of aromatic hydroxyl groups is 1. The first-order valence-corrected chi connectivity index (χ1v) is 8.80. The van der Waals surface area contributed by atoms with Gasteiger partial charge in [0.15, 0.2) is 11.5 Å². The van der Waals surface area contributed by atoms with Gasteiger partial charge in [0.2, 0.25) is 0 Å². The number of phenols is 1. The van der Waals surface area contributed by atoms with Crippen molar-refractivity contribution in [2.45, 2.75) is 25.8 Å². The largest absolute Gasteiger partial charge is 0.504 e. The highest BCUT2D eigenvalue weighted by atomic mass is 16.5. The normalized spacial score (nSPS) is 18.0. The van der Waals surface area contributed by atoms with E-state index in [1.54, 1.807) is 13.2 Å². The van der Waals surface area contributed by atoms with Crippen LogP contribution in [0.5, 0.6) is 11.5 Å². The van der Waals surface area contributed by atoms with Crippen LogP contribution in [0.4, 0.5) is 0 Å². The zero-order chi connectivity index (χ0) is 17.6. The van der Waals surface area contributed by atoms with Gasteiger partial charge in [-0.25, -0.2) is 0 Å². The summed E-state index contributed by atoms with van der Waals surface area (Å²) in [7, 11) is 1.55. The van der Waals surface area contributed by atoms with Crippen LogP contribution in [0.15, 0.2) is 48.5 Å². The van der Waals surface area contributed by atoms with Crippen LogP contribution in [0.25, 0.3) is 0 Å². The average molecular weight is 339 g/mol. The van der Waals surface area contributed by atoms with Crippen molar-refractivity contribution >= 4 is 5.78 Å². The van der Waals surface area contributed by atoms with E-state index in [-0.39, 0.29) is 11.7 Å². The topological polar surface area (TPSA) is 49.8 Å². The second kappa shape index (κ2) is 8.17. The molecule has 1 aliphatic heterocycles. The van der Waals surface area contributed by atoms with Crippen molar-refractivity contribution in [2.24, 2.45) is 5.92 Å². The molecule has 0 unspecified atom stereocenters. The molecule has 1 N–H and O–H groups in total. The third-order valence-corrected chi connectivity index (χ3v) is 4.83. The van der Waals surface area contributed by atoms with Crippen LogP contribution in [-0.4, -0.2) is 36.0 Å². The number of Topliss-reactive ketones (excluding diaryl/α,β-unsaturated/α-hetero) is 1. The van der Waals surface area contributed by atoms with E-state index in [2.05, 4.69) is 4.90 Å². The standard InChI is InChI=1S/C21H25NO3/c1-25-21-13-17(9-10-19(21)23)14-22-11-5-8-18(15-22)20(24)12-16-6-3-2-4-7-16/h2-4,6-7,9-10,13,18,23H,5,8,11-12,14-15H2,1H3/t18-/m0/s1. The van der Waals surface area contributed by atoms with Crippen molar-refractivity contribution in [3.8, 4) is 11.5 Å². The predicted octanol–water partition coefficient (Wildman–Crippen LogP) is 3.42. The van der Waals surface area contributed by atoms with Gasteiger partial charge in [-0.1, -0.05) is 36.4 Å². The Labute approximate surface area is 149 Å². The Kier molecular flexibility index (Phi) is 5.71. The van der Waals surface area contributed by atoms with Gasteiger partial charge in [-0.05, 0) is 42.6 Å². The van der Waals surface area contributed by atoms with Gasteiger partial charge in [-0.2, -0.15) is 0 Å². The number of carbonyl (C=O) groups is 1. The van der Waals surface area contributed by atoms with E-state index in [0.717, 1.165) is 43.6 Å². The number of likely N-dealkylation sites (tertiary alicyclic amines) is 1. The van der Waals surface area contributed by atoms with Crippen molar-refractivity contribution in [3.63, 3.8) is 0 Å². The Morgan fingerprint density at radius 3 is 2.76 bits per heavy atom. The first kappa shape index (κ1) is 17.5. The number of carbonyl (C=O) groups excluding carboxylic acids is 1. The summed E-state index contributed by atoms with van der Waals surface area (Å²) in [5, 5.41) is 9.71. The zero-order valence-electron chi connectivity index (χ0n) is 14.6. The van der Waals surface area contributed by atoms with Gasteiger partial charge in [0.25, 0.3) is 0 Å². The summed E-state index contributed by atoms with van der Waals surface area (Å²) in [5.41, 5.74) is 2.18. The monoisotopic (exact) mass is 339 g/mol. The van der Waals surface area contributed by atoms with Gasteiger partial charge in [0.1, 0.15) is 5.78 Å². The molecule has 0 aliphatic carbocycles. The summed E-state index contributed by atoms with van der Waals surface area (Å²) >= 11 is 0. The third-order valence-electron chi connectivity index (χ3n) is 4.83. The van der Waals surface area contributed by atoms with E-state index in [4.69, 9.17) is 4.74 Å². The number of phenolic OH excluding ortho intramolecular Hbond substituents is 1. The molecule has 2 aromatic rings. The van der Waals surface area contributed by atoms with E-state index in [1.807, 2.05) is 42.5 Å². The quantitative estimate of drug-likeness (QED) is 0.876. The average Bonchev–Trinajstić information content (AvgIpc) is 2.64. The van der Waals surface area contributed by atoms with Gasteiger partial charge in [0.05, 0.1) is 7.11 Å². The van der Waals surface area contributed by atoms with Crippen LogP contribution in [0.1, 0.15) is 24.0 Å². The minimum absolute atomic E-state index is 0.105. The first-order valence-electron chi connectivity index (χ1n) is 8.80. The van der Waals surface area contributed by atoms with Crippen LogP contribution in [0, 0.1) is 5.92 Å². The Morgan fingerprint density at radius 2 is 2.00 bits per heavy atom. The molecular formula is C21H25NO3. The summed E-state index contributed by atoms with van der Waals surface area (Å²) in [5.74, 6) is 1.08. The highest BCUT2D eigenvalue weighted by Gasteiger charge is 2.25. The molecule has 0 amide bonds. The van der Waals surface area contributed by atoms with Crippen molar-refractivity contribution in [1.29, 1.82) is 0 Å². The maximum absolute atomic E-state index is 12.6. The lowest BCUT2D eigenvalue weighted by atomic mass is 9.90. The summed E-state index contributed by atoms with van der Waals surface area (Å²) < 4.78 is 5.18. The highest BCUT2D eigenvalue weighted by Crippen LogP contribution is 2.28. The number of benzene rings is 2. The van der Waals surface area contributed by atoms with Crippen molar-refractivity contribution in [2.75, 3.05) is 20.2 Å². The lowest BCUT2D eigenvalue weighted by Gasteiger charge is -2.32. The summed E-state index contributed by atoms with van der Waals surface area (Å²) in [6.07, 6.45) is 2.54. The molecule has 2 aromatic carbocycles. The van der Waals surface area contributed by atoms with Crippen LogP contribution in [0.2, 0.25) is 0 Å². The molecule has 0 spiro atoms. The van der Waals surface area contributed by atoms with Crippen LogP contribution in [-0.2, 0) is 17.8 Å². The number of rotatable bonds is 6. The Morgan fingerprint density at radius 1 is 1.20 bits per heavy atom. The highest BCUT2D eigenvalue weighted by molar-refractivity contribution is 5.83. The summed E-state index contributed by atoms with van der Waals surface area (Å²) in [6.45, 7) is 2.57. The number of hydrogen-bond donors (Lipinski definition) is 1. The summed E-state index contributed by atoms with van der Waals surface area (Å²) in [6, 6.07) is 15.4. The molecule has 0 radical (unpaired) electrons. The van der Waals surface area contributed by atoms with Gasteiger partial charge in [-0.15, -0.1) is 0 Å². The van der Waals surface area contributed by atoms with Gasteiger partial charge >= 0.3 is 0 Å². The number of piperidine rings is 1. The van der Waals surface area contributed by atoms with Crippen molar-refractivity contribution in [1.82, 2.24) is 4.90 Å². The molecule has 1 atom stereocenters. The number of ketones is 1.